The Morgan fingerprint density at radius 1 is 1.38 bits per heavy atom. The van der Waals surface area contributed by atoms with Gasteiger partial charge in [-0.05, 0) is 0 Å². The maximum Gasteiger partial charge on any atom is 0.365 e. The summed E-state index contributed by atoms with van der Waals surface area (Å²) in [6, 6.07) is 0. The van der Waals surface area contributed by atoms with Gasteiger partial charge in [-0.25, -0.2) is 4.79 Å². The molecule has 0 saturated heterocycles. The maximum absolute atomic E-state index is 10.8. The summed E-state index contributed by atoms with van der Waals surface area (Å²) >= 11 is 0. The predicted octanol–water partition coefficient (Wildman–Crippen LogP) is -0.427. The molecule has 5 heteroatoms. The third-order valence-electron chi connectivity index (χ3n) is 2.32. The van der Waals surface area contributed by atoms with E-state index in [1.165, 1.54) is 0 Å². The molecule has 0 saturated carbocycles. The molecule has 13 heavy (non-hydrogen) atoms. The average Bonchev–Trinajstić information content (AvgIpc) is 1.99. The molecule has 5 nitrogen and oxygen atoms in total. The van der Waals surface area contributed by atoms with E-state index in [2.05, 4.69) is 5.73 Å². The van der Waals surface area contributed by atoms with E-state index in [1.807, 2.05) is 0 Å². The van der Waals surface area contributed by atoms with E-state index in [4.69, 9.17) is 10.2 Å². The first-order valence-corrected chi connectivity index (χ1v) is 4.11. The van der Waals surface area contributed by atoms with Crippen LogP contribution in [0.15, 0.2) is 0 Å². The van der Waals surface area contributed by atoms with Crippen LogP contribution in [-0.4, -0.2) is 27.7 Å². The molecule has 0 aliphatic rings. The lowest BCUT2D eigenvalue weighted by molar-refractivity contribution is -0.475. The Kier molecular flexibility index (Phi) is 3.87. The van der Waals surface area contributed by atoms with E-state index >= 15 is 0 Å². The molecular formula is C8H16NO4+. The molecule has 0 spiro atoms. The van der Waals surface area contributed by atoms with Crippen molar-refractivity contribution in [2.45, 2.75) is 32.2 Å². The van der Waals surface area contributed by atoms with Gasteiger partial charge >= 0.3 is 11.9 Å². The quantitative estimate of drug-likeness (QED) is 0.547. The lowest BCUT2D eigenvalue weighted by atomic mass is 9.83. The van der Waals surface area contributed by atoms with Gasteiger partial charge in [0.25, 0.3) is 0 Å². The average molecular weight is 190 g/mol. The van der Waals surface area contributed by atoms with Crippen molar-refractivity contribution in [1.29, 1.82) is 0 Å². The SMILES string of the molecule is CC(C)C([NH3+])(CCC(=O)O)C(=O)O. The van der Waals surface area contributed by atoms with E-state index in [0.29, 0.717) is 0 Å². The van der Waals surface area contributed by atoms with E-state index in [-0.39, 0.29) is 18.8 Å². The summed E-state index contributed by atoms with van der Waals surface area (Å²) in [7, 11) is 0. The van der Waals surface area contributed by atoms with Crippen LogP contribution in [0.2, 0.25) is 0 Å². The molecule has 1 unspecified atom stereocenters. The number of carbonyl (C=O) groups is 2. The van der Waals surface area contributed by atoms with Crippen molar-refractivity contribution >= 4 is 11.9 Å². The number of hydrogen-bond donors (Lipinski definition) is 3. The third kappa shape index (κ3) is 3.02. The van der Waals surface area contributed by atoms with Gasteiger partial charge in [-0.3, -0.25) is 4.79 Å². The fourth-order valence-corrected chi connectivity index (χ4v) is 0.973. The first-order valence-electron chi connectivity index (χ1n) is 4.11. The Labute approximate surface area is 76.5 Å². The monoisotopic (exact) mass is 190 g/mol. The minimum absolute atomic E-state index is 0.0648. The van der Waals surface area contributed by atoms with Gasteiger partial charge < -0.3 is 15.9 Å². The van der Waals surface area contributed by atoms with E-state index < -0.39 is 17.5 Å². The highest BCUT2D eigenvalue weighted by Gasteiger charge is 2.41. The van der Waals surface area contributed by atoms with E-state index in [1.54, 1.807) is 13.8 Å². The number of quaternary nitrogens is 1. The molecule has 0 bridgehead atoms. The van der Waals surface area contributed by atoms with E-state index in [0.717, 1.165) is 0 Å². The predicted molar refractivity (Wildman–Crippen MR) is 45.0 cm³/mol. The Morgan fingerprint density at radius 3 is 2.08 bits per heavy atom. The van der Waals surface area contributed by atoms with Crippen LogP contribution in [0.25, 0.3) is 0 Å². The van der Waals surface area contributed by atoms with Gasteiger partial charge in [0.2, 0.25) is 0 Å². The van der Waals surface area contributed by atoms with Crippen molar-refractivity contribution in [1.82, 2.24) is 0 Å². The summed E-state index contributed by atoms with van der Waals surface area (Å²) < 4.78 is 0. The zero-order valence-electron chi connectivity index (χ0n) is 7.91. The van der Waals surface area contributed by atoms with Crippen molar-refractivity contribution in [2.24, 2.45) is 5.92 Å². The first-order chi connectivity index (χ1) is 5.80. The smallest absolute Gasteiger partial charge is 0.365 e. The standard InChI is InChI=1S/C8H15NO4/c1-5(2)8(9,7(12)13)4-3-6(10)11/h5H,3-4,9H2,1-2H3,(H,10,11)(H,12,13)/p+1. The van der Waals surface area contributed by atoms with Crippen LogP contribution < -0.4 is 5.73 Å². The second kappa shape index (κ2) is 4.23. The van der Waals surface area contributed by atoms with Crippen LogP contribution in [0.1, 0.15) is 26.7 Å². The molecule has 0 aromatic heterocycles. The lowest BCUT2D eigenvalue weighted by Gasteiger charge is -2.24. The van der Waals surface area contributed by atoms with Crippen LogP contribution in [-0.2, 0) is 9.59 Å². The molecule has 0 aliphatic heterocycles. The molecule has 0 heterocycles. The molecule has 0 fully saturated rings. The molecule has 0 aliphatic carbocycles. The summed E-state index contributed by atoms with van der Waals surface area (Å²) in [6.07, 6.45) is -0.0939. The number of rotatable bonds is 5. The molecule has 0 radical (unpaired) electrons. The van der Waals surface area contributed by atoms with Crippen molar-refractivity contribution in [2.75, 3.05) is 0 Å². The van der Waals surface area contributed by atoms with Crippen molar-refractivity contribution in [3.05, 3.63) is 0 Å². The second-order valence-corrected chi connectivity index (χ2v) is 3.51. The van der Waals surface area contributed by atoms with Crippen LogP contribution >= 0.6 is 0 Å². The highest BCUT2D eigenvalue weighted by molar-refractivity contribution is 5.78. The summed E-state index contributed by atoms with van der Waals surface area (Å²) in [6.45, 7) is 3.45. The molecule has 76 valence electrons. The Morgan fingerprint density at radius 2 is 1.85 bits per heavy atom. The normalized spacial score (nSPS) is 15.4. The number of aliphatic carboxylic acids is 2. The summed E-state index contributed by atoms with van der Waals surface area (Å²) in [5, 5.41) is 17.3. The van der Waals surface area contributed by atoms with Gasteiger partial charge in [0.15, 0.2) is 5.54 Å². The molecule has 0 aromatic carbocycles. The number of carboxylic acid groups (broad SMARTS) is 2. The van der Waals surface area contributed by atoms with Gasteiger partial charge in [-0.2, -0.15) is 0 Å². The molecule has 0 rings (SSSR count). The summed E-state index contributed by atoms with van der Waals surface area (Å²) in [5.41, 5.74) is 2.40. The minimum Gasteiger partial charge on any atom is -0.481 e. The largest absolute Gasteiger partial charge is 0.481 e. The highest BCUT2D eigenvalue weighted by atomic mass is 16.4. The zero-order chi connectivity index (χ0) is 10.6. The molecule has 5 N–H and O–H groups in total. The Balaban J connectivity index is 4.43. The van der Waals surface area contributed by atoms with Crippen molar-refractivity contribution in [3.63, 3.8) is 0 Å². The minimum atomic E-state index is -1.18. The van der Waals surface area contributed by atoms with Gasteiger partial charge in [0.1, 0.15) is 0 Å². The third-order valence-corrected chi connectivity index (χ3v) is 2.32. The second-order valence-electron chi connectivity index (χ2n) is 3.51. The Bertz CT molecular complexity index is 214. The maximum atomic E-state index is 10.8. The topological polar surface area (TPSA) is 102 Å². The van der Waals surface area contributed by atoms with Gasteiger partial charge in [0.05, 0.1) is 6.42 Å². The fraction of sp³-hybridized carbons (Fsp3) is 0.750. The van der Waals surface area contributed by atoms with Crippen LogP contribution in [0.5, 0.6) is 0 Å². The molecule has 1 atom stereocenters. The Hall–Kier alpha value is -1.10. The van der Waals surface area contributed by atoms with Gasteiger partial charge in [-0.15, -0.1) is 0 Å². The number of carboxylic acids is 2. The molecule has 0 amide bonds. The van der Waals surface area contributed by atoms with Crippen LogP contribution in [0.3, 0.4) is 0 Å². The first kappa shape index (κ1) is 11.9. The van der Waals surface area contributed by atoms with Gasteiger partial charge in [0, 0.05) is 12.3 Å². The highest BCUT2D eigenvalue weighted by Crippen LogP contribution is 2.18. The van der Waals surface area contributed by atoms with Gasteiger partial charge in [-0.1, -0.05) is 13.8 Å². The lowest BCUT2D eigenvalue weighted by Crippen LogP contribution is -2.79. The zero-order valence-corrected chi connectivity index (χ0v) is 7.91. The van der Waals surface area contributed by atoms with Crippen molar-refractivity contribution in [3.8, 4) is 0 Å². The molecular weight excluding hydrogens is 174 g/mol. The summed E-state index contributed by atoms with van der Waals surface area (Å²) in [5.74, 6) is -2.21. The number of hydrogen-bond acceptors (Lipinski definition) is 2. The summed E-state index contributed by atoms with van der Waals surface area (Å²) in [4.78, 5) is 21.1. The van der Waals surface area contributed by atoms with Crippen LogP contribution in [0, 0.1) is 5.92 Å². The molecule has 0 aromatic rings. The van der Waals surface area contributed by atoms with E-state index in [9.17, 15) is 9.59 Å². The fourth-order valence-electron chi connectivity index (χ4n) is 0.973. The van der Waals surface area contributed by atoms with Crippen molar-refractivity contribution < 1.29 is 25.5 Å². The van der Waals surface area contributed by atoms with Crippen LogP contribution in [0.4, 0.5) is 0 Å².